The highest BCUT2D eigenvalue weighted by molar-refractivity contribution is 7.92. The molecule has 0 radical (unpaired) electrons. The Bertz CT molecular complexity index is 1550. The molecule has 2 N–H and O–H groups in total. The van der Waals surface area contributed by atoms with Gasteiger partial charge in [0.15, 0.2) is 9.84 Å². The summed E-state index contributed by atoms with van der Waals surface area (Å²) in [6, 6.07) is 13.1. The van der Waals surface area contributed by atoms with Crippen LogP contribution in [0, 0.1) is 0 Å². The van der Waals surface area contributed by atoms with Gasteiger partial charge in [-0.15, -0.1) is 13.2 Å². The Hall–Kier alpha value is -2.79. The zero-order valence-electron chi connectivity index (χ0n) is 19.5. The van der Waals surface area contributed by atoms with Crippen molar-refractivity contribution in [3.05, 3.63) is 76.0 Å². The number of benzene rings is 3. The van der Waals surface area contributed by atoms with Gasteiger partial charge in [-0.2, -0.15) is 0 Å². The molecule has 0 amide bonds. The molecule has 196 valence electrons. The molecule has 1 unspecified atom stereocenters. The van der Waals surface area contributed by atoms with E-state index in [1.165, 1.54) is 36.4 Å². The molecule has 0 aliphatic rings. The van der Waals surface area contributed by atoms with Gasteiger partial charge in [0.2, 0.25) is 0 Å². The minimum Gasteiger partial charge on any atom is -0.405 e. The van der Waals surface area contributed by atoms with E-state index in [4.69, 9.17) is 23.2 Å². The molecule has 3 aromatic carbocycles. The number of rotatable bonds is 7. The Morgan fingerprint density at radius 3 is 2.32 bits per heavy atom. The fraction of sp³-hybridized carbons (Fsp3) is 0.240. The minimum absolute atomic E-state index is 0.00158. The fourth-order valence-electron chi connectivity index (χ4n) is 3.91. The van der Waals surface area contributed by atoms with Crippen LogP contribution in [0.25, 0.3) is 22.2 Å². The molecule has 0 saturated carbocycles. The van der Waals surface area contributed by atoms with E-state index in [-0.39, 0.29) is 38.2 Å². The number of hydrogen-bond donors (Lipinski definition) is 2. The minimum atomic E-state index is -4.92. The molecule has 6 nitrogen and oxygen atoms in total. The number of nitrogens with one attached hydrogen (secondary N) is 1. The summed E-state index contributed by atoms with van der Waals surface area (Å²) in [5.74, 6) is -0.826. The third-order valence-corrected chi connectivity index (χ3v) is 8.65. The van der Waals surface area contributed by atoms with Crippen molar-refractivity contribution in [2.75, 3.05) is 6.61 Å². The van der Waals surface area contributed by atoms with Crippen molar-refractivity contribution in [3.63, 3.8) is 0 Å². The number of sulfone groups is 1. The number of ether oxygens (including phenoxy) is 1. The molecule has 4 rings (SSSR count). The summed E-state index contributed by atoms with van der Waals surface area (Å²) < 4.78 is 67.9. The third kappa shape index (κ3) is 5.43. The second kappa shape index (κ2) is 10.2. The van der Waals surface area contributed by atoms with Crippen molar-refractivity contribution >= 4 is 44.1 Å². The van der Waals surface area contributed by atoms with E-state index in [0.717, 1.165) is 6.07 Å². The zero-order chi connectivity index (χ0) is 27.1. The Morgan fingerprint density at radius 2 is 1.73 bits per heavy atom. The summed E-state index contributed by atoms with van der Waals surface area (Å²) in [4.78, 5) is 7.71. The number of nitrogens with zero attached hydrogens (tertiary/aromatic N) is 1. The molecule has 0 fully saturated rings. The number of H-pyrrole nitrogens is 1. The highest BCUT2D eigenvalue weighted by atomic mass is 35.5. The van der Waals surface area contributed by atoms with Crippen LogP contribution in [0.2, 0.25) is 10.0 Å². The predicted octanol–water partition coefficient (Wildman–Crippen LogP) is 6.74. The molecule has 12 heteroatoms. The lowest BCUT2D eigenvalue weighted by Gasteiger charge is -2.15. The standard InChI is InChI=1S/C25H21Cl2F3N2O4S/c1-13(2)37(34,35)15-9-7-14(8-10-15)17(12-33)24-31-19-11-18(26)21(22(27)23(19)32-24)16-5-3-4-6-20(16)36-25(28,29)30/h3-11,13,17,33H,12H2,1-2H3,(H,31,32). The Balaban J connectivity index is 1.78. The average Bonchev–Trinajstić information content (AvgIpc) is 3.23. The number of alkyl halides is 3. The van der Waals surface area contributed by atoms with Gasteiger partial charge in [-0.05, 0) is 43.7 Å². The smallest absolute Gasteiger partial charge is 0.405 e. The van der Waals surface area contributed by atoms with Gasteiger partial charge >= 0.3 is 6.36 Å². The van der Waals surface area contributed by atoms with Gasteiger partial charge < -0.3 is 14.8 Å². The quantitative estimate of drug-likeness (QED) is 0.256. The van der Waals surface area contributed by atoms with Gasteiger partial charge in [0.05, 0.1) is 38.2 Å². The van der Waals surface area contributed by atoms with E-state index in [1.807, 2.05) is 0 Å². The largest absolute Gasteiger partial charge is 0.573 e. The molecular formula is C25H21Cl2F3N2O4S. The molecule has 0 spiro atoms. The molecule has 0 aliphatic heterocycles. The van der Waals surface area contributed by atoms with Crippen LogP contribution in [0.15, 0.2) is 59.5 Å². The van der Waals surface area contributed by atoms with Crippen molar-refractivity contribution in [2.24, 2.45) is 0 Å². The van der Waals surface area contributed by atoms with E-state index in [0.29, 0.717) is 16.9 Å². The Kier molecular flexibility index (Phi) is 7.49. The van der Waals surface area contributed by atoms with Crippen LogP contribution < -0.4 is 4.74 Å². The highest BCUT2D eigenvalue weighted by Crippen LogP contribution is 2.44. The normalized spacial score (nSPS) is 13.3. The molecule has 1 aromatic heterocycles. The van der Waals surface area contributed by atoms with Crippen molar-refractivity contribution < 1.29 is 31.4 Å². The van der Waals surface area contributed by atoms with Crippen LogP contribution >= 0.6 is 23.2 Å². The Morgan fingerprint density at radius 1 is 1.08 bits per heavy atom. The zero-order valence-corrected chi connectivity index (χ0v) is 21.8. The Labute approximate surface area is 220 Å². The monoisotopic (exact) mass is 572 g/mol. The fourth-order valence-corrected chi connectivity index (χ4v) is 5.67. The van der Waals surface area contributed by atoms with Crippen LogP contribution in [0.5, 0.6) is 5.75 Å². The van der Waals surface area contributed by atoms with Crippen LogP contribution in [0.4, 0.5) is 13.2 Å². The van der Waals surface area contributed by atoms with Crippen molar-refractivity contribution in [2.45, 2.75) is 36.3 Å². The lowest BCUT2D eigenvalue weighted by atomic mass is 9.99. The number of fused-ring (bicyclic) bond motifs is 1. The summed E-state index contributed by atoms with van der Waals surface area (Å²) in [6.45, 7) is 2.81. The van der Waals surface area contributed by atoms with E-state index < -0.39 is 33.1 Å². The van der Waals surface area contributed by atoms with E-state index in [9.17, 15) is 26.7 Å². The SMILES string of the molecule is CC(C)S(=O)(=O)c1ccc(C(CO)c2nc3c(Cl)c(-c4ccccc4OC(F)(F)F)c(Cl)cc3[nH]2)cc1. The summed E-state index contributed by atoms with van der Waals surface area (Å²) >= 11 is 13.0. The molecule has 1 atom stereocenters. The van der Waals surface area contributed by atoms with Gasteiger partial charge in [-0.25, -0.2) is 13.4 Å². The molecule has 0 saturated heterocycles. The first kappa shape index (κ1) is 27.3. The first-order chi connectivity index (χ1) is 17.3. The lowest BCUT2D eigenvalue weighted by molar-refractivity contribution is -0.274. The van der Waals surface area contributed by atoms with E-state index in [2.05, 4.69) is 14.7 Å². The number of para-hydroxylation sites is 1. The van der Waals surface area contributed by atoms with Gasteiger partial charge in [0, 0.05) is 11.1 Å². The van der Waals surface area contributed by atoms with Crippen LogP contribution in [-0.4, -0.2) is 41.7 Å². The average molecular weight is 573 g/mol. The van der Waals surface area contributed by atoms with Gasteiger partial charge in [-0.1, -0.05) is 53.5 Å². The molecule has 1 heterocycles. The topological polar surface area (TPSA) is 92.3 Å². The third-order valence-electron chi connectivity index (χ3n) is 5.81. The van der Waals surface area contributed by atoms with Crippen molar-refractivity contribution in [1.29, 1.82) is 0 Å². The maximum atomic E-state index is 13.0. The first-order valence-corrected chi connectivity index (χ1v) is 13.3. The van der Waals surface area contributed by atoms with Gasteiger partial charge in [0.25, 0.3) is 0 Å². The maximum absolute atomic E-state index is 13.0. The van der Waals surface area contributed by atoms with Crippen molar-refractivity contribution in [3.8, 4) is 16.9 Å². The number of aromatic amines is 1. The second-order valence-electron chi connectivity index (χ2n) is 8.51. The number of hydrogen-bond acceptors (Lipinski definition) is 5. The maximum Gasteiger partial charge on any atom is 0.573 e. The summed E-state index contributed by atoms with van der Waals surface area (Å²) in [5, 5.41) is 9.59. The molecule has 0 aliphatic carbocycles. The lowest BCUT2D eigenvalue weighted by Crippen LogP contribution is -2.17. The van der Waals surface area contributed by atoms with E-state index >= 15 is 0 Å². The number of aromatic nitrogens is 2. The summed E-state index contributed by atoms with van der Waals surface area (Å²) in [5.41, 5.74) is 1.37. The van der Waals surface area contributed by atoms with E-state index in [1.54, 1.807) is 26.0 Å². The number of halogens is 5. The van der Waals surface area contributed by atoms with Crippen LogP contribution in [-0.2, 0) is 9.84 Å². The molecule has 0 bridgehead atoms. The molecule has 4 aromatic rings. The van der Waals surface area contributed by atoms with Gasteiger partial charge in [0.1, 0.15) is 17.1 Å². The summed E-state index contributed by atoms with van der Waals surface area (Å²) in [7, 11) is -3.47. The number of aliphatic hydroxyl groups excluding tert-OH is 1. The number of aliphatic hydroxyl groups is 1. The second-order valence-corrected chi connectivity index (χ2v) is 11.8. The van der Waals surface area contributed by atoms with Crippen LogP contribution in [0.3, 0.4) is 0 Å². The predicted molar refractivity (Wildman–Crippen MR) is 136 cm³/mol. The summed E-state index contributed by atoms with van der Waals surface area (Å²) in [6.07, 6.45) is -4.92. The number of imidazole rings is 1. The first-order valence-electron chi connectivity index (χ1n) is 11.0. The highest BCUT2D eigenvalue weighted by Gasteiger charge is 2.33. The molecule has 37 heavy (non-hydrogen) atoms. The molecular weight excluding hydrogens is 552 g/mol. The van der Waals surface area contributed by atoms with Crippen molar-refractivity contribution in [1.82, 2.24) is 9.97 Å². The van der Waals surface area contributed by atoms with Crippen LogP contribution in [0.1, 0.15) is 31.2 Å². The van der Waals surface area contributed by atoms with Gasteiger partial charge in [-0.3, -0.25) is 0 Å².